The van der Waals surface area contributed by atoms with Gasteiger partial charge in [0.05, 0.1) is 6.07 Å². The monoisotopic (exact) mass is 184 g/mol. The molecule has 0 spiro atoms. The maximum atomic E-state index is 8.55. The molecule has 1 aliphatic rings. The fourth-order valence-electron chi connectivity index (χ4n) is 1.42. The number of hydrogen-bond acceptors (Lipinski definition) is 3. The molecule has 0 atom stereocenters. The first-order valence-electron chi connectivity index (χ1n) is 4.45. The summed E-state index contributed by atoms with van der Waals surface area (Å²) in [6, 6.07) is 2.25. The first-order chi connectivity index (χ1) is 5.70. The van der Waals surface area contributed by atoms with E-state index < -0.39 is 0 Å². The molecule has 68 valence electrons. The van der Waals surface area contributed by atoms with Gasteiger partial charge in [0.25, 0.3) is 0 Å². The largest absolute Gasteiger partial charge is 0.249 e. The predicted octanol–water partition coefficient (Wildman–Crippen LogP) is 2.28. The Balaban J connectivity index is 2.14. The van der Waals surface area contributed by atoms with E-state index >= 15 is 0 Å². The van der Waals surface area contributed by atoms with E-state index in [0.717, 1.165) is 13.1 Å². The third-order valence-corrected chi connectivity index (χ3v) is 3.31. The zero-order valence-electron chi connectivity index (χ0n) is 7.84. The van der Waals surface area contributed by atoms with Crippen LogP contribution in [0.15, 0.2) is 0 Å². The zero-order chi connectivity index (χ0) is 9.03. The van der Waals surface area contributed by atoms with E-state index in [-0.39, 0.29) is 5.41 Å². The average Bonchev–Trinajstić information content (AvgIpc) is 1.97. The molecule has 12 heavy (non-hydrogen) atoms. The summed E-state index contributed by atoms with van der Waals surface area (Å²) in [5, 5.41) is 8.55. The molecule has 0 aromatic rings. The molecule has 0 N–H and O–H groups in total. The third-order valence-electron chi connectivity index (χ3n) is 2.10. The summed E-state index contributed by atoms with van der Waals surface area (Å²) in [7, 11) is 0. The Bertz CT molecular complexity index is 179. The molecular weight excluding hydrogens is 168 g/mol. The lowest BCUT2D eigenvalue weighted by atomic mass is 9.81. The molecule has 0 unspecified atom stereocenters. The standard InChI is InChI=1S/C9H16N2S/c1-3-6-12-11-7-9(2,8-11)4-5-10/h3-4,6-8H2,1-2H3. The van der Waals surface area contributed by atoms with Crippen molar-refractivity contribution in [2.24, 2.45) is 5.41 Å². The van der Waals surface area contributed by atoms with Crippen LogP contribution in [0.1, 0.15) is 26.7 Å². The Morgan fingerprint density at radius 1 is 1.58 bits per heavy atom. The minimum atomic E-state index is 0.287. The Hall–Kier alpha value is -0.200. The highest BCUT2D eigenvalue weighted by molar-refractivity contribution is 7.97. The molecule has 1 fully saturated rings. The number of rotatable bonds is 4. The smallest absolute Gasteiger partial charge is 0.0628 e. The molecule has 2 nitrogen and oxygen atoms in total. The number of hydrogen-bond donors (Lipinski definition) is 0. The van der Waals surface area contributed by atoms with Crippen LogP contribution in [0.3, 0.4) is 0 Å². The Kier molecular flexibility index (Phi) is 3.42. The molecule has 0 amide bonds. The highest BCUT2D eigenvalue weighted by Gasteiger charge is 2.38. The second-order valence-electron chi connectivity index (χ2n) is 3.78. The lowest BCUT2D eigenvalue weighted by Crippen LogP contribution is -2.50. The molecule has 3 heteroatoms. The van der Waals surface area contributed by atoms with E-state index in [4.69, 9.17) is 5.26 Å². The minimum Gasteiger partial charge on any atom is -0.249 e. The average molecular weight is 184 g/mol. The number of nitriles is 1. The molecule has 0 aromatic carbocycles. The van der Waals surface area contributed by atoms with Crippen LogP contribution in [-0.2, 0) is 0 Å². The van der Waals surface area contributed by atoms with Gasteiger partial charge in [0.15, 0.2) is 0 Å². The lowest BCUT2D eigenvalue weighted by molar-refractivity contribution is 0.107. The molecule has 0 saturated carbocycles. The van der Waals surface area contributed by atoms with Crippen molar-refractivity contribution in [3.8, 4) is 6.07 Å². The van der Waals surface area contributed by atoms with Crippen molar-refractivity contribution in [2.45, 2.75) is 26.7 Å². The van der Waals surface area contributed by atoms with Gasteiger partial charge in [-0.3, -0.25) is 0 Å². The van der Waals surface area contributed by atoms with Crippen molar-refractivity contribution >= 4 is 11.9 Å². The van der Waals surface area contributed by atoms with Crippen molar-refractivity contribution in [3.63, 3.8) is 0 Å². The van der Waals surface area contributed by atoms with Gasteiger partial charge in [0, 0.05) is 30.7 Å². The van der Waals surface area contributed by atoms with Gasteiger partial charge < -0.3 is 0 Å². The van der Waals surface area contributed by atoms with Gasteiger partial charge in [-0.15, -0.1) is 0 Å². The molecule has 1 aliphatic heterocycles. The van der Waals surface area contributed by atoms with Gasteiger partial charge >= 0.3 is 0 Å². The van der Waals surface area contributed by atoms with Crippen LogP contribution in [0.4, 0.5) is 0 Å². The summed E-state index contributed by atoms with van der Waals surface area (Å²) in [5.74, 6) is 1.21. The fourth-order valence-corrected chi connectivity index (χ4v) is 2.67. The molecule has 0 aromatic heterocycles. The third kappa shape index (κ3) is 2.40. The summed E-state index contributed by atoms with van der Waals surface area (Å²) < 4.78 is 2.36. The topological polar surface area (TPSA) is 27.0 Å². The molecule has 1 saturated heterocycles. The summed E-state index contributed by atoms with van der Waals surface area (Å²) in [5.41, 5.74) is 0.287. The summed E-state index contributed by atoms with van der Waals surface area (Å²) >= 11 is 1.92. The molecule has 1 heterocycles. The van der Waals surface area contributed by atoms with Crippen molar-refractivity contribution in [1.82, 2.24) is 4.31 Å². The van der Waals surface area contributed by atoms with E-state index in [2.05, 4.69) is 24.2 Å². The zero-order valence-corrected chi connectivity index (χ0v) is 8.65. The van der Waals surface area contributed by atoms with Crippen LogP contribution < -0.4 is 0 Å². The van der Waals surface area contributed by atoms with Gasteiger partial charge in [-0.05, 0) is 6.42 Å². The van der Waals surface area contributed by atoms with Gasteiger partial charge in [0.1, 0.15) is 0 Å². The Morgan fingerprint density at radius 2 is 2.25 bits per heavy atom. The van der Waals surface area contributed by atoms with Gasteiger partial charge in [-0.2, -0.15) is 5.26 Å². The van der Waals surface area contributed by atoms with E-state index in [1.807, 2.05) is 11.9 Å². The molecule has 0 bridgehead atoms. The molecule has 0 radical (unpaired) electrons. The van der Waals surface area contributed by atoms with Crippen LogP contribution in [0.25, 0.3) is 0 Å². The molecular formula is C9H16N2S. The van der Waals surface area contributed by atoms with Crippen LogP contribution >= 0.6 is 11.9 Å². The van der Waals surface area contributed by atoms with Crippen molar-refractivity contribution in [1.29, 1.82) is 5.26 Å². The second-order valence-corrected chi connectivity index (χ2v) is 4.96. The van der Waals surface area contributed by atoms with Gasteiger partial charge in [0.2, 0.25) is 0 Å². The fraction of sp³-hybridized carbons (Fsp3) is 0.889. The quantitative estimate of drug-likeness (QED) is 0.627. The molecule has 1 rings (SSSR count). The van der Waals surface area contributed by atoms with Crippen LogP contribution in [0.2, 0.25) is 0 Å². The van der Waals surface area contributed by atoms with E-state index in [1.54, 1.807) is 0 Å². The van der Waals surface area contributed by atoms with E-state index in [0.29, 0.717) is 6.42 Å². The van der Waals surface area contributed by atoms with Crippen molar-refractivity contribution in [3.05, 3.63) is 0 Å². The summed E-state index contributed by atoms with van der Waals surface area (Å²) in [4.78, 5) is 0. The maximum absolute atomic E-state index is 8.55. The minimum absolute atomic E-state index is 0.287. The van der Waals surface area contributed by atoms with E-state index in [1.165, 1.54) is 12.2 Å². The lowest BCUT2D eigenvalue weighted by Gasteiger charge is -2.45. The maximum Gasteiger partial charge on any atom is 0.0628 e. The van der Waals surface area contributed by atoms with Crippen LogP contribution in [0, 0.1) is 16.7 Å². The normalized spacial score (nSPS) is 21.4. The summed E-state index contributed by atoms with van der Waals surface area (Å²) in [6.45, 7) is 6.57. The first kappa shape index (κ1) is 9.88. The predicted molar refractivity (Wildman–Crippen MR) is 52.7 cm³/mol. The van der Waals surface area contributed by atoms with Gasteiger partial charge in [-0.1, -0.05) is 25.8 Å². The molecule has 0 aliphatic carbocycles. The number of nitrogens with zero attached hydrogens (tertiary/aromatic N) is 2. The van der Waals surface area contributed by atoms with Gasteiger partial charge in [-0.25, -0.2) is 4.31 Å². The second kappa shape index (κ2) is 4.15. The van der Waals surface area contributed by atoms with Crippen molar-refractivity contribution < 1.29 is 0 Å². The van der Waals surface area contributed by atoms with E-state index in [9.17, 15) is 0 Å². The van der Waals surface area contributed by atoms with Crippen molar-refractivity contribution in [2.75, 3.05) is 18.8 Å². The highest BCUT2D eigenvalue weighted by atomic mass is 32.2. The Labute approximate surface area is 79.1 Å². The van der Waals surface area contributed by atoms with Crippen LogP contribution in [-0.4, -0.2) is 23.1 Å². The SMILES string of the molecule is CCCSN1CC(C)(CC#N)C1. The Morgan fingerprint density at radius 3 is 2.75 bits per heavy atom. The van der Waals surface area contributed by atoms with Crippen LogP contribution in [0.5, 0.6) is 0 Å². The first-order valence-corrected chi connectivity index (χ1v) is 5.39. The summed E-state index contributed by atoms with van der Waals surface area (Å²) in [6.07, 6.45) is 1.94. The highest BCUT2D eigenvalue weighted by Crippen LogP contribution is 2.37.